The Hall–Kier alpha value is -3.68. The van der Waals surface area contributed by atoms with E-state index >= 15 is 0 Å². The van der Waals surface area contributed by atoms with E-state index in [-0.39, 0.29) is 42.8 Å². The number of unbranched alkanes of at least 4 members (excludes halogenated alkanes) is 1. The lowest BCUT2D eigenvalue weighted by Gasteiger charge is -2.29. The zero-order valence-electron chi connectivity index (χ0n) is 19.8. The summed E-state index contributed by atoms with van der Waals surface area (Å²) in [6, 6.07) is 12.5. The molecule has 34 heavy (non-hydrogen) atoms. The van der Waals surface area contributed by atoms with Crippen molar-refractivity contribution in [2.24, 2.45) is 0 Å². The number of carbonyl (C=O) groups excluding carboxylic acids is 2. The molecule has 180 valence electrons. The third-order valence-electron chi connectivity index (χ3n) is 5.51. The van der Waals surface area contributed by atoms with Gasteiger partial charge in [0.05, 0.1) is 23.8 Å². The minimum atomic E-state index is -0.376. The summed E-state index contributed by atoms with van der Waals surface area (Å²) >= 11 is 0. The molecule has 0 atom stereocenters. The van der Waals surface area contributed by atoms with Crippen molar-refractivity contribution in [1.82, 2.24) is 14.7 Å². The topological polar surface area (TPSA) is 74.1 Å². The van der Waals surface area contributed by atoms with Gasteiger partial charge in [0.15, 0.2) is 5.43 Å². The van der Waals surface area contributed by atoms with Crippen LogP contribution in [0.5, 0.6) is 0 Å². The van der Waals surface area contributed by atoms with Gasteiger partial charge in [0.2, 0.25) is 5.91 Å². The van der Waals surface area contributed by atoms with E-state index in [1.165, 1.54) is 33.1 Å². The van der Waals surface area contributed by atoms with Crippen LogP contribution in [-0.2, 0) is 17.9 Å². The average Bonchev–Trinajstić information content (AvgIpc) is 2.83. The van der Waals surface area contributed by atoms with Gasteiger partial charge in [-0.25, -0.2) is 9.18 Å². The number of halogens is 1. The van der Waals surface area contributed by atoms with Crippen LogP contribution in [-0.4, -0.2) is 53.8 Å². The first-order valence-corrected chi connectivity index (χ1v) is 11.3. The maximum absolute atomic E-state index is 13.4. The first-order valence-electron chi connectivity index (χ1n) is 11.3. The predicted octanol–water partition coefficient (Wildman–Crippen LogP) is 4.24. The number of amides is 3. The third-order valence-corrected chi connectivity index (χ3v) is 5.51. The summed E-state index contributed by atoms with van der Waals surface area (Å²) in [5.74, 6) is -0.692. The van der Waals surface area contributed by atoms with E-state index in [0.717, 1.165) is 12.8 Å². The molecule has 0 radical (unpaired) electrons. The summed E-state index contributed by atoms with van der Waals surface area (Å²) in [7, 11) is 3.28. The molecule has 0 aliphatic rings. The summed E-state index contributed by atoms with van der Waals surface area (Å²) in [5.41, 5.74) is 1.29. The Morgan fingerprint density at radius 1 is 0.971 bits per heavy atom. The van der Waals surface area contributed by atoms with E-state index in [1.54, 1.807) is 50.5 Å². The highest BCUT2D eigenvalue weighted by Crippen LogP contribution is 2.15. The fraction of sp³-hybridized carbons (Fsp3) is 0.346. The smallest absolute Gasteiger partial charge is 0.319 e. The Bertz CT molecular complexity index is 1190. The van der Waals surface area contributed by atoms with Crippen LogP contribution in [0.4, 0.5) is 9.18 Å². The molecule has 2 aromatic carbocycles. The van der Waals surface area contributed by atoms with Gasteiger partial charge in [-0.05, 0) is 36.2 Å². The minimum absolute atomic E-state index is 0.00114. The second-order valence-corrected chi connectivity index (χ2v) is 8.41. The van der Waals surface area contributed by atoms with Crippen LogP contribution in [0.25, 0.3) is 11.0 Å². The monoisotopic (exact) mass is 467 g/mol. The summed E-state index contributed by atoms with van der Waals surface area (Å²) in [4.78, 5) is 43.5. The molecular formula is C26H30FN3O4. The molecule has 0 unspecified atom stereocenters. The number of fused-ring (bicyclic) bond motifs is 1. The molecule has 0 N–H and O–H groups in total. The molecule has 3 rings (SSSR count). The Labute approximate surface area is 198 Å². The number of urea groups is 1. The van der Waals surface area contributed by atoms with Crippen LogP contribution < -0.4 is 5.43 Å². The third kappa shape index (κ3) is 6.21. The SMILES string of the molecule is CCCCN(CC(=O)N(Cc1ccc(F)cc1)Cc1coc2ccccc2c1=O)C(=O)N(C)C. The summed E-state index contributed by atoms with van der Waals surface area (Å²) in [5, 5.41) is 0.432. The first-order chi connectivity index (χ1) is 16.3. The van der Waals surface area contributed by atoms with E-state index in [2.05, 4.69) is 0 Å². The fourth-order valence-corrected chi connectivity index (χ4v) is 3.61. The van der Waals surface area contributed by atoms with Crippen LogP contribution in [0.15, 0.2) is 64.0 Å². The Balaban J connectivity index is 1.90. The molecule has 0 saturated heterocycles. The van der Waals surface area contributed by atoms with E-state index in [0.29, 0.717) is 28.6 Å². The largest absolute Gasteiger partial charge is 0.464 e. The molecule has 0 spiro atoms. The van der Waals surface area contributed by atoms with E-state index in [1.807, 2.05) is 6.92 Å². The molecule has 1 aromatic heterocycles. The minimum Gasteiger partial charge on any atom is -0.464 e. The quantitative estimate of drug-likeness (QED) is 0.472. The molecule has 7 nitrogen and oxygen atoms in total. The van der Waals surface area contributed by atoms with E-state index in [4.69, 9.17) is 4.42 Å². The molecule has 0 aliphatic heterocycles. The van der Waals surface area contributed by atoms with Crippen LogP contribution in [0.3, 0.4) is 0 Å². The van der Waals surface area contributed by atoms with Crippen molar-refractivity contribution < 1.29 is 18.4 Å². The van der Waals surface area contributed by atoms with Crippen molar-refractivity contribution in [2.75, 3.05) is 27.2 Å². The van der Waals surface area contributed by atoms with E-state index < -0.39 is 0 Å². The van der Waals surface area contributed by atoms with Crippen molar-refractivity contribution >= 4 is 22.9 Å². The second kappa shape index (κ2) is 11.4. The molecule has 3 amide bonds. The van der Waals surface area contributed by atoms with Crippen molar-refractivity contribution in [3.63, 3.8) is 0 Å². The van der Waals surface area contributed by atoms with Gasteiger partial charge in [0.25, 0.3) is 0 Å². The number of hydrogen-bond acceptors (Lipinski definition) is 4. The zero-order chi connectivity index (χ0) is 24.7. The van der Waals surface area contributed by atoms with Gasteiger partial charge in [-0.2, -0.15) is 0 Å². The van der Waals surface area contributed by atoms with Crippen LogP contribution in [0.2, 0.25) is 0 Å². The fourth-order valence-electron chi connectivity index (χ4n) is 3.61. The zero-order valence-corrected chi connectivity index (χ0v) is 19.8. The predicted molar refractivity (Wildman–Crippen MR) is 129 cm³/mol. The van der Waals surface area contributed by atoms with Gasteiger partial charge in [0.1, 0.15) is 17.9 Å². The lowest BCUT2D eigenvalue weighted by molar-refractivity contribution is -0.133. The lowest BCUT2D eigenvalue weighted by atomic mass is 10.1. The van der Waals surface area contributed by atoms with Crippen molar-refractivity contribution in [3.05, 3.63) is 82.0 Å². The van der Waals surface area contributed by atoms with Gasteiger partial charge in [-0.1, -0.05) is 37.6 Å². The highest BCUT2D eigenvalue weighted by molar-refractivity contribution is 5.84. The van der Waals surface area contributed by atoms with Crippen LogP contribution in [0.1, 0.15) is 30.9 Å². The average molecular weight is 468 g/mol. The highest BCUT2D eigenvalue weighted by atomic mass is 19.1. The second-order valence-electron chi connectivity index (χ2n) is 8.41. The molecule has 8 heteroatoms. The normalized spacial score (nSPS) is 10.8. The van der Waals surface area contributed by atoms with Gasteiger partial charge < -0.3 is 19.1 Å². The van der Waals surface area contributed by atoms with Crippen LogP contribution >= 0.6 is 0 Å². The maximum atomic E-state index is 13.4. The molecule has 0 aliphatic carbocycles. The number of nitrogens with zero attached hydrogens (tertiary/aromatic N) is 3. The summed E-state index contributed by atoms with van der Waals surface area (Å²) in [6.07, 6.45) is 3.01. The Morgan fingerprint density at radius 2 is 1.68 bits per heavy atom. The lowest BCUT2D eigenvalue weighted by Crippen LogP contribution is -2.46. The molecule has 3 aromatic rings. The number of rotatable bonds is 9. The Kier molecular flexibility index (Phi) is 8.40. The summed E-state index contributed by atoms with van der Waals surface area (Å²) < 4.78 is 19.0. The van der Waals surface area contributed by atoms with Crippen molar-refractivity contribution in [2.45, 2.75) is 32.9 Å². The standard InChI is InChI=1S/C26H30FN3O4/c1-4-5-14-29(26(33)28(2)3)17-24(31)30(15-19-10-12-21(27)13-11-19)16-20-18-34-23-9-7-6-8-22(23)25(20)32/h6-13,18H,4-5,14-17H2,1-3H3. The maximum Gasteiger partial charge on any atom is 0.319 e. The Morgan fingerprint density at radius 3 is 2.35 bits per heavy atom. The van der Waals surface area contributed by atoms with Gasteiger partial charge in [-0.3, -0.25) is 9.59 Å². The number of carbonyl (C=O) groups is 2. The van der Waals surface area contributed by atoms with E-state index in [9.17, 15) is 18.8 Å². The van der Waals surface area contributed by atoms with Crippen molar-refractivity contribution in [1.29, 1.82) is 0 Å². The van der Waals surface area contributed by atoms with Gasteiger partial charge in [-0.15, -0.1) is 0 Å². The van der Waals surface area contributed by atoms with Gasteiger partial charge in [0, 0.05) is 27.2 Å². The number of hydrogen-bond donors (Lipinski definition) is 0. The van der Waals surface area contributed by atoms with Crippen LogP contribution in [0, 0.1) is 5.82 Å². The number of para-hydroxylation sites is 1. The molecule has 0 bridgehead atoms. The van der Waals surface area contributed by atoms with Gasteiger partial charge >= 0.3 is 6.03 Å². The molecule has 1 heterocycles. The summed E-state index contributed by atoms with van der Waals surface area (Å²) in [6.45, 7) is 2.49. The number of benzene rings is 2. The van der Waals surface area contributed by atoms with Crippen molar-refractivity contribution in [3.8, 4) is 0 Å². The molecule has 0 saturated carbocycles. The molecular weight excluding hydrogens is 437 g/mol. The first kappa shape index (κ1) is 25.0. The molecule has 0 fully saturated rings. The highest BCUT2D eigenvalue weighted by Gasteiger charge is 2.23.